The number of carbonyl (C=O) groups excluding carboxylic acids is 2. The lowest BCUT2D eigenvalue weighted by Crippen LogP contribution is -2.12. The maximum atomic E-state index is 12.0. The van der Waals surface area contributed by atoms with Crippen LogP contribution in [0.3, 0.4) is 0 Å². The maximum absolute atomic E-state index is 12.0. The third-order valence-electron chi connectivity index (χ3n) is 4.50. The molecule has 0 saturated heterocycles. The van der Waals surface area contributed by atoms with Gasteiger partial charge in [0.1, 0.15) is 0 Å². The van der Waals surface area contributed by atoms with E-state index in [2.05, 4.69) is 27.0 Å². The van der Waals surface area contributed by atoms with Crippen molar-refractivity contribution in [3.8, 4) is 11.5 Å². The molecule has 0 spiro atoms. The summed E-state index contributed by atoms with van der Waals surface area (Å²) in [6, 6.07) is 11.7. The summed E-state index contributed by atoms with van der Waals surface area (Å²) in [5.41, 5.74) is 3.94. The molecule has 0 aliphatic rings. The van der Waals surface area contributed by atoms with Crippen molar-refractivity contribution < 1.29 is 19.1 Å². The van der Waals surface area contributed by atoms with Crippen molar-refractivity contribution in [2.24, 2.45) is 0 Å². The first-order valence-corrected chi connectivity index (χ1v) is 10.1. The van der Waals surface area contributed by atoms with Gasteiger partial charge in [-0.1, -0.05) is 82.3 Å². The highest BCUT2D eigenvalue weighted by atomic mass is 16.6. The zero-order chi connectivity index (χ0) is 21.9. The predicted octanol–water partition coefficient (Wildman–Crippen LogP) is 5.94. The van der Waals surface area contributed by atoms with Gasteiger partial charge >= 0.3 is 11.9 Å². The molecule has 156 valence electrons. The van der Waals surface area contributed by atoms with Gasteiger partial charge in [0.05, 0.1) is 0 Å². The third-order valence-corrected chi connectivity index (χ3v) is 4.50. The van der Waals surface area contributed by atoms with E-state index in [1.165, 1.54) is 0 Å². The summed E-state index contributed by atoms with van der Waals surface area (Å²) in [6.45, 7) is 11.1. The SMILES string of the molecule is C=CC(=O)Oc1cc(C=Cc2ccccc2)c(CCC)c(CCC)c1OC(=O)C=C. The van der Waals surface area contributed by atoms with Crippen LogP contribution in [0.15, 0.2) is 61.7 Å². The number of esters is 2. The Labute approximate surface area is 178 Å². The first-order chi connectivity index (χ1) is 14.5. The second-order valence-corrected chi connectivity index (χ2v) is 6.74. The fourth-order valence-corrected chi connectivity index (χ4v) is 3.19. The Morgan fingerprint density at radius 2 is 1.47 bits per heavy atom. The van der Waals surface area contributed by atoms with Crippen LogP contribution in [0.25, 0.3) is 12.2 Å². The predicted molar refractivity (Wildman–Crippen MR) is 121 cm³/mol. The van der Waals surface area contributed by atoms with Gasteiger partial charge in [0, 0.05) is 17.7 Å². The summed E-state index contributed by atoms with van der Waals surface area (Å²) in [7, 11) is 0. The monoisotopic (exact) mass is 404 g/mol. The van der Waals surface area contributed by atoms with Crippen molar-refractivity contribution in [3.63, 3.8) is 0 Å². The second kappa shape index (κ2) is 11.6. The zero-order valence-corrected chi connectivity index (χ0v) is 17.6. The van der Waals surface area contributed by atoms with Crippen LogP contribution in [0.4, 0.5) is 0 Å². The minimum absolute atomic E-state index is 0.200. The normalized spacial score (nSPS) is 10.6. The van der Waals surface area contributed by atoms with Gasteiger partial charge in [0.25, 0.3) is 0 Å². The van der Waals surface area contributed by atoms with Crippen molar-refractivity contribution >= 4 is 24.1 Å². The molecule has 0 radical (unpaired) electrons. The standard InChI is InChI=1S/C26H28O4/c1-5-12-21-20(17-16-19-14-10-9-11-15-19)18-23(29-24(27)7-3)26(22(21)13-6-2)30-25(28)8-4/h7-11,14-18H,3-6,12-13H2,1-2H3. The Morgan fingerprint density at radius 1 is 0.867 bits per heavy atom. The minimum Gasteiger partial charge on any atom is -0.419 e. The molecule has 2 aromatic carbocycles. The van der Waals surface area contributed by atoms with Crippen LogP contribution in [0.2, 0.25) is 0 Å². The van der Waals surface area contributed by atoms with Crippen LogP contribution in [-0.4, -0.2) is 11.9 Å². The Morgan fingerprint density at radius 3 is 2.07 bits per heavy atom. The van der Waals surface area contributed by atoms with Gasteiger partial charge < -0.3 is 9.47 Å². The molecule has 0 bridgehead atoms. The quantitative estimate of drug-likeness (QED) is 0.213. The number of benzene rings is 2. The summed E-state index contributed by atoms with van der Waals surface area (Å²) in [5, 5.41) is 0. The first kappa shape index (κ1) is 22.9. The van der Waals surface area contributed by atoms with Gasteiger partial charge in [-0.05, 0) is 35.6 Å². The molecule has 0 heterocycles. The summed E-state index contributed by atoms with van der Waals surface area (Å²) < 4.78 is 11.0. The lowest BCUT2D eigenvalue weighted by molar-refractivity contribution is -0.131. The van der Waals surface area contributed by atoms with Crippen LogP contribution in [0.5, 0.6) is 11.5 Å². The number of carbonyl (C=O) groups is 2. The molecular formula is C26H28O4. The van der Waals surface area contributed by atoms with Crippen molar-refractivity contribution in [1.29, 1.82) is 0 Å². The highest BCUT2D eigenvalue weighted by Gasteiger charge is 2.21. The Bertz CT molecular complexity index is 939. The van der Waals surface area contributed by atoms with Crippen LogP contribution in [0, 0.1) is 0 Å². The van der Waals surface area contributed by atoms with Crippen molar-refractivity contribution in [3.05, 3.63) is 84.0 Å². The fourth-order valence-electron chi connectivity index (χ4n) is 3.19. The molecule has 4 heteroatoms. The molecule has 0 amide bonds. The molecule has 2 rings (SSSR count). The largest absolute Gasteiger partial charge is 0.419 e. The average molecular weight is 405 g/mol. The van der Waals surface area contributed by atoms with Crippen LogP contribution in [-0.2, 0) is 22.4 Å². The van der Waals surface area contributed by atoms with E-state index in [0.717, 1.165) is 53.7 Å². The molecule has 0 unspecified atom stereocenters. The van der Waals surface area contributed by atoms with Crippen LogP contribution < -0.4 is 9.47 Å². The Hall–Kier alpha value is -3.40. The highest BCUT2D eigenvalue weighted by molar-refractivity contribution is 5.87. The van der Waals surface area contributed by atoms with E-state index in [0.29, 0.717) is 6.42 Å². The van der Waals surface area contributed by atoms with Gasteiger partial charge in [-0.15, -0.1) is 0 Å². The van der Waals surface area contributed by atoms with E-state index in [4.69, 9.17) is 9.47 Å². The van der Waals surface area contributed by atoms with Gasteiger partial charge in [0.2, 0.25) is 0 Å². The topological polar surface area (TPSA) is 52.6 Å². The van der Waals surface area contributed by atoms with E-state index >= 15 is 0 Å². The van der Waals surface area contributed by atoms with E-state index in [9.17, 15) is 9.59 Å². The maximum Gasteiger partial charge on any atom is 0.335 e. The van der Waals surface area contributed by atoms with E-state index in [1.807, 2.05) is 42.5 Å². The smallest absolute Gasteiger partial charge is 0.335 e. The number of hydrogen-bond acceptors (Lipinski definition) is 4. The van der Waals surface area contributed by atoms with Gasteiger partial charge in [0.15, 0.2) is 11.5 Å². The molecule has 0 N–H and O–H groups in total. The van der Waals surface area contributed by atoms with Crippen molar-refractivity contribution in [2.45, 2.75) is 39.5 Å². The lowest BCUT2D eigenvalue weighted by Gasteiger charge is -2.20. The summed E-state index contributed by atoms with van der Waals surface area (Å²) in [4.78, 5) is 23.9. The van der Waals surface area contributed by atoms with Crippen molar-refractivity contribution in [1.82, 2.24) is 0 Å². The van der Waals surface area contributed by atoms with Gasteiger partial charge in [-0.2, -0.15) is 0 Å². The number of hydrogen-bond donors (Lipinski definition) is 0. The molecule has 4 nitrogen and oxygen atoms in total. The van der Waals surface area contributed by atoms with E-state index in [-0.39, 0.29) is 11.5 Å². The van der Waals surface area contributed by atoms with E-state index in [1.54, 1.807) is 6.07 Å². The average Bonchev–Trinajstić information content (AvgIpc) is 2.76. The number of rotatable bonds is 10. The number of ether oxygens (including phenoxy) is 2. The molecular weight excluding hydrogens is 376 g/mol. The summed E-state index contributed by atoms with van der Waals surface area (Å²) in [6.07, 6.45) is 9.44. The van der Waals surface area contributed by atoms with Crippen molar-refractivity contribution in [2.75, 3.05) is 0 Å². The molecule has 0 fully saturated rings. The summed E-state index contributed by atoms with van der Waals surface area (Å²) >= 11 is 0. The molecule has 0 saturated carbocycles. The molecule has 30 heavy (non-hydrogen) atoms. The van der Waals surface area contributed by atoms with Crippen LogP contribution in [0.1, 0.15) is 48.9 Å². The zero-order valence-electron chi connectivity index (χ0n) is 17.6. The minimum atomic E-state index is -0.616. The van der Waals surface area contributed by atoms with Crippen LogP contribution >= 0.6 is 0 Å². The highest BCUT2D eigenvalue weighted by Crippen LogP contribution is 2.39. The first-order valence-electron chi connectivity index (χ1n) is 10.1. The van der Waals surface area contributed by atoms with Gasteiger partial charge in [-0.25, -0.2) is 9.59 Å². The summed E-state index contributed by atoms with van der Waals surface area (Å²) in [5.74, 6) is -0.740. The lowest BCUT2D eigenvalue weighted by atomic mass is 9.92. The molecule has 0 aliphatic heterocycles. The van der Waals surface area contributed by atoms with Gasteiger partial charge in [-0.3, -0.25) is 0 Å². The second-order valence-electron chi connectivity index (χ2n) is 6.74. The molecule has 2 aromatic rings. The van der Waals surface area contributed by atoms with E-state index < -0.39 is 11.9 Å². The fraction of sp³-hybridized carbons (Fsp3) is 0.231. The Kier molecular flexibility index (Phi) is 8.82. The molecule has 0 aromatic heterocycles. The molecule has 0 aliphatic carbocycles. The Balaban J connectivity index is 2.70. The molecule has 0 atom stereocenters. The third kappa shape index (κ3) is 6.05.